The van der Waals surface area contributed by atoms with E-state index < -0.39 is 0 Å². The van der Waals surface area contributed by atoms with Crippen LogP contribution in [0.5, 0.6) is 0 Å². The maximum absolute atomic E-state index is 11.2. The van der Waals surface area contributed by atoms with Crippen molar-refractivity contribution in [1.29, 1.82) is 0 Å². The van der Waals surface area contributed by atoms with Gasteiger partial charge in [-0.25, -0.2) is 4.79 Å². The SMILES string of the molecule is C=C(C)C(=O)OCCCCCCCCCCC[N+](C)(C)CCO. The summed E-state index contributed by atoms with van der Waals surface area (Å²) < 4.78 is 5.99. The van der Waals surface area contributed by atoms with Gasteiger partial charge in [-0.3, -0.25) is 0 Å². The summed E-state index contributed by atoms with van der Waals surface area (Å²) in [5, 5.41) is 8.99. The minimum absolute atomic E-state index is 0.272. The predicted octanol–water partition coefficient (Wildman–Crippen LogP) is 3.69. The van der Waals surface area contributed by atoms with Gasteiger partial charge in [0.05, 0.1) is 33.9 Å². The number of aliphatic hydroxyl groups is 1. The number of hydrogen-bond donors (Lipinski definition) is 1. The number of quaternary nitrogens is 1. The fourth-order valence-electron chi connectivity index (χ4n) is 2.55. The van der Waals surface area contributed by atoms with Crippen molar-refractivity contribution < 1.29 is 19.1 Å². The molecule has 0 aromatic heterocycles. The second-order valence-corrected chi connectivity index (χ2v) is 7.20. The van der Waals surface area contributed by atoms with Crippen molar-refractivity contribution in [2.45, 2.75) is 64.7 Å². The molecule has 0 fully saturated rings. The lowest BCUT2D eigenvalue weighted by molar-refractivity contribution is -0.890. The molecule has 0 radical (unpaired) electrons. The molecule has 136 valence electrons. The molecule has 0 bridgehead atoms. The number of rotatable bonds is 15. The number of hydrogen-bond acceptors (Lipinski definition) is 3. The normalized spacial score (nSPS) is 11.5. The van der Waals surface area contributed by atoms with Crippen molar-refractivity contribution >= 4 is 5.97 Å². The summed E-state index contributed by atoms with van der Waals surface area (Å²) in [4.78, 5) is 11.2. The van der Waals surface area contributed by atoms with Crippen LogP contribution >= 0.6 is 0 Å². The molecule has 0 unspecified atom stereocenters. The van der Waals surface area contributed by atoms with Gasteiger partial charge in [-0.2, -0.15) is 0 Å². The monoisotopic (exact) mass is 328 g/mol. The van der Waals surface area contributed by atoms with Gasteiger partial charge < -0.3 is 14.3 Å². The number of nitrogens with zero attached hydrogens (tertiary/aromatic N) is 1. The largest absolute Gasteiger partial charge is 0.462 e. The molecule has 0 aromatic carbocycles. The summed E-state index contributed by atoms with van der Waals surface area (Å²) in [5.41, 5.74) is 0.476. The first-order chi connectivity index (χ1) is 10.9. The van der Waals surface area contributed by atoms with E-state index in [0.717, 1.165) is 30.4 Å². The summed E-state index contributed by atoms with van der Waals surface area (Å²) in [6.07, 6.45) is 11.1. The average molecular weight is 329 g/mol. The Morgan fingerprint density at radius 2 is 1.39 bits per heavy atom. The molecule has 0 aliphatic carbocycles. The van der Waals surface area contributed by atoms with Gasteiger partial charge >= 0.3 is 5.97 Å². The lowest BCUT2D eigenvalue weighted by Crippen LogP contribution is -2.42. The third-order valence-electron chi connectivity index (χ3n) is 4.19. The lowest BCUT2D eigenvalue weighted by atomic mass is 10.1. The van der Waals surface area contributed by atoms with Crippen LogP contribution in [0.2, 0.25) is 0 Å². The number of ether oxygens (including phenoxy) is 1. The second kappa shape index (κ2) is 13.6. The van der Waals surface area contributed by atoms with E-state index in [4.69, 9.17) is 9.84 Å². The van der Waals surface area contributed by atoms with Crippen molar-refractivity contribution in [3.63, 3.8) is 0 Å². The maximum Gasteiger partial charge on any atom is 0.333 e. The van der Waals surface area contributed by atoms with E-state index in [1.54, 1.807) is 6.92 Å². The van der Waals surface area contributed by atoms with E-state index in [-0.39, 0.29) is 12.6 Å². The maximum atomic E-state index is 11.2. The Balaban J connectivity index is 3.25. The molecule has 0 spiro atoms. The first-order valence-electron chi connectivity index (χ1n) is 9.14. The second-order valence-electron chi connectivity index (χ2n) is 7.20. The van der Waals surface area contributed by atoms with Crippen molar-refractivity contribution in [2.24, 2.45) is 0 Å². The van der Waals surface area contributed by atoms with Crippen LogP contribution < -0.4 is 0 Å². The van der Waals surface area contributed by atoms with Crippen LogP contribution in [-0.2, 0) is 9.53 Å². The molecular weight excluding hydrogens is 290 g/mol. The highest BCUT2D eigenvalue weighted by molar-refractivity contribution is 5.86. The summed E-state index contributed by atoms with van der Waals surface area (Å²) in [6.45, 7) is 8.04. The van der Waals surface area contributed by atoms with Gasteiger partial charge in [0.25, 0.3) is 0 Å². The molecule has 1 N–H and O–H groups in total. The van der Waals surface area contributed by atoms with Crippen LogP contribution in [0, 0.1) is 0 Å². The molecule has 0 saturated heterocycles. The van der Waals surface area contributed by atoms with Crippen LogP contribution in [0.1, 0.15) is 64.7 Å². The Kier molecular flexibility index (Phi) is 13.0. The highest BCUT2D eigenvalue weighted by Crippen LogP contribution is 2.11. The van der Waals surface area contributed by atoms with Crippen LogP contribution in [0.25, 0.3) is 0 Å². The van der Waals surface area contributed by atoms with E-state index in [2.05, 4.69) is 20.7 Å². The Morgan fingerprint density at radius 1 is 0.913 bits per heavy atom. The van der Waals surface area contributed by atoms with Crippen molar-refractivity contribution in [3.05, 3.63) is 12.2 Å². The molecule has 0 heterocycles. The quantitative estimate of drug-likeness (QED) is 0.216. The third kappa shape index (κ3) is 14.5. The Morgan fingerprint density at radius 3 is 1.87 bits per heavy atom. The fourth-order valence-corrected chi connectivity index (χ4v) is 2.55. The summed E-state index contributed by atoms with van der Waals surface area (Å²) >= 11 is 0. The Bertz CT molecular complexity index is 327. The van der Waals surface area contributed by atoms with Gasteiger partial charge in [0.15, 0.2) is 0 Å². The Hall–Kier alpha value is -0.870. The standard InChI is InChI=1S/C19H38NO3/c1-18(2)19(22)23-17-13-11-9-7-5-6-8-10-12-14-20(3,4)15-16-21/h21H,1,5-17H2,2-4H3/q+1. The molecule has 0 saturated carbocycles. The summed E-state index contributed by atoms with van der Waals surface area (Å²) in [6, 6.07) is 0. The zero-order valence-electron chi connectivity index (χ0n) is 15.6. The summed E-state index contributed by atoms with van der Waals surface area (Å²) in [7, 11) is 4.37. The number of aliphatic hydroxyl groups excluding tert-OH is 1. The number of carbonyl (C=O) groups is 1. The number of likely N-dealkylation sites (N-methyl/N-ethyl adjacent to an activating group) is 1. The molecule has 23 heavy (non-hydrogen) atoms. The van der Waals surface area contributed by atoms with E-state index in [1.165, 1.54) is 44.9 Å². The van der Waals surface area contributed by atoms with Crippen LogP contribution in [0.4, 0.5) is 0 Å². The average Bonchev–Trinajstić information content (AvgIpc) is 2.47. The molecule has 0 aromatic rings. The zero-order chi connectivity index (χ0) is 17.6. The van der Waals surface area contributed by atoms with Gasteiger partial charge in [0, 0.05) is 5.57 Å². The zero-order valence-corrected chi connectivity index (χ0v) is 15.6. The highest BCUT2D eigenvalue weighted by Gasteiger charge is 2.12. The fraction of sp³-hybridized carbons (Fsp3) is 0.842. The molecule has 0 aliphatic heterocycles. The van der Waals surface area contributed by atoms with Gasteiger partial charge in [-0.05, 0) is 26.2 Å². The number of unbranched alkanes of at least 4 members (excludes halogenated alkanes) is 8. The number of esters is 1. The minimum atomic E-state index is -0.272. The molecule has 0 amide bonds. The first kappa shape index (κ1) is 22.1. The minimum Gasteiger partial charge on any atom is -0.462 e. The van der Waals surface area contributed by atoms with E-state index in [0.29, 0.717) is 12.2 Å². The molecule has 0 rings (SSSR count). The van der Waals surface area contributed by atoms with Crippen molar-refractivity contribution in [2.75, 3.05) is 40.4 Å². The lowest BCUT2D eigenvalue weighted by Gasteiger charge is -2.28. The van der Waals surface area contributed by atoms with Gasteiger partial charge in [0.2, 0.25) is 0 Å². The van der Waals surface area contributed by atoms with Crippen molar-refractivity contribution in [1.82, 2.24) is 0 Å². The van der Waals surface area contributed by atoms with E-state index in [9.17, 15) is 4.79 Å². The first-order valence-corrected chi connectivity index (χ1v) is 9.14. The smallest absolute Gasteiger partial charge is 0.333 e. The van der Waals surface area contributed by atoms with E-state index in [1.807, 2.05) is 0 Å². The summed E-state index contributed by atoms with van der Waals surface area (Å²) in [5.74, 6) is -0.272. The molecule has 4 heteroatoms. The van der Waals surface area contributed by atoms with Crippen molar-refractivity contribution in [3.8, 4) is 0 Å². The highest BCUT2D eigenvalue weighted by atomic mass is 16.5. The molecule has 0 aliphatic rings. The third-order valence-corrected chi connectivity index (χ3v) is 4.19. The molecular formula is C19H38NO3+. The topological polar surface area (TPSA) is 46.5 Å². The van der Waals surface area contributed by atoms with Gasteiger partial charge in [0.1, 0.15) is 6.54 Å². The molecule has 0 atom stereocenters. The number of carbonyl (C=O) groups excluding carboxylic acids is 1. The predicted molar refractivity (Wildman–Crippen MR) is 96.3 cm³/mol. The van der Waals surface area contributed by atoms with Gasteiger partial charge in [-0.15, -0.1) is 0 Å². The van der Waals surface area contributed by atoms with E-state index >= 15 is 0 Å². The van der Waals surface area contributed by atoms with Gasteiger partial charge in [-0.1, -0.05) is 45.1 Å². The molecule has 4 nitrogen and oxygen atoms in total. The van der Waals surface area contributed by atoms with Crippen LogP contribution in [0.3, 0.4) is 0 Å². The van der Waals surface area contributed by atoms with Crippen LogP contribution in [0.15, 0.2) is 12.2 Å². The Labute approximate surface area is 143 Å². The van der Waals surface area contributed by atoms with Crippen LogP contribution in [-0.4, -0.2) is 56.0 Å².